The molecule has 0 radical (unpaired) electrons. The molecular weight excluding hydrogens is 338 g/mol. The molecule has 27 heavy (non-hydrogen) atoms. The van der Waals surface area contributed by atoms with Crippen molar-refractivity contribution in [1.29, 1.82) is 0 Å². The molecule has 1 unspecified atom stereocenters. The van der Waals surface area contributed by atoms with Crippen LogP contribution in [0.2, 0.25) is 0 Å². The Morgan fingerprint density at radius 2 is 1.59 bits per heavy atom. The Morgan fingerprint density at radius 3 is 2.22 bits per heavy atom. The van der Waals surface area contributed by atoms with Gasteiger partial charge in [0.1, 0.15) is 6.10 Å². The summed E-state index contributed by atoms with van der Waals surface area (Å²) < 4.78 is 5.63. The fraction of sp³-hybridized carbons (Fsp3) is 0.391. The summed E-state index contributed by atoms with van der Waals surface area (Å²) in [6, 6.07) is 19.8. The molecule has 0 aromatic heterocycles. The lowest BCUT2D eigenvalue weighted by Gasteiger charge is -2.31. The lowest BCUT2D eigenvalue weighted by atomic mass is 9.96. The van der Waals surface area contributed by atoms with E-state index >= 15 is 0 Å². The quantitative estimate of drug-likeness (QED) is 0.722. The fourth-order valence-electron chi connectivity index (χ4n) is 3.48. The zero-order chi connectivity index (χ0) is 19.1. The topological polar surface area (TPSA) is 46.6 Å². The SMILES string of the molecule is CC(OC(=O)C1CCN(C(=O)CCc2ccccc2)CC1)c1ccccc1. The van der Waals surface area contributed by atoms with Crippen molar-refractivity contribution in [3.8, 4) is 0 Å². The van der Waals surface area contributed by atoms with Crippen LogP contribution in [0.4, 0.5) is 0 Å². The zero-order valence-electron chi connectivity index (χ0n) is 15.8. The fourth-order valence-corrected chi connectivity index (χ4v) is 3.48. The maximum atomic E-state index is 12.4. The van der Waals surface area contributed by atoms with Gasteiger partial charge >= 0.3 is 5.97 Å². The Morgan fingerprint density at radius 1 is 1.00 bits per heavy atom. The number of ether oxygens (including phenoxy) is 1. The summed E-state index contributed by atoms with van der Waals surface area (Å²) in [7, 11) is 0. The summed E-state index contributed by atoms with van der Waals surface area (Å²) in [6.07, 6.45) is 2.39. The van der Waals surface area contributed by atoms with E-state index in [9.17, 15) is 9.59 Å². The number of piperidine rings is 1. The predicted molar refractivity (Wildman–Crippen MR) is 105 cm³/mol. The third-order valence-corrected chi connectivity index (χ3v) is 5.21. The minimum atomic E-state index is -0.246. The summed E-state index contributed by atoms with van der Waals surface area (Å²) >= 11 is 0. The van der Waals surface area contributed by atoms with Gasteiger partial charge < -0.3 is 9.64 Å². The molecule has 3 rings (SSSR count). The molecule has 0 N–H and O–H groups in total. The lowest BCUT2D eigenvalue weighted by Crippen LogP contribution is -2.40. The second-order valence-electron chi connectivity index (χ2n) is 7.13. The van der Waals surface area contributed by atoms with Crippen molar-refractivity contribution >= 4 is 11.9 Å². The van der Waals surface area contributed by atoms with E-state index in [-0.39, 0.29) is 23.9 Å². The molecule has 4 nitrogen and oxygen atoms in total. The molecule has 1 fully saturated rings. The standard InChI is InChI=1S/C23H27NO3/c1-18(20-10-6-3-7-11-20)27-23(26)21-14-16-24(17-15-21)22(25)13-12-19-8-4-2-5-9-19/h2-11,18,21H,12-17H2,1H3. The number of carbonyl (C=O) groups excluding carboxylic acids is 2. The zero-order valence-corrected chi connectivity index (χ0v) is 15.8. The molecule has 1 atom stereocenters. The molecule has 1 aliphatic heterocycles. The normalized spacial score (nSPS) is 16.0. The van der Waals surface area contributed by atoms with Crippen LogP contribution in [-0.4, -0.2) is 29.9 Å². The molecule has 0 spiro atoms. The molecule has 4 heteroatoms. The molecule has 142 valence electrons. The molecule has 2 aromatic rings. The van der Waals surface area contributed by atoms with Gasteiger partial charge in [-0.1, -0.05) is 60.7 Å². The van der Waals surface area contributed by atoms with Gasteiger partial charge in [-0.25, -0.2) is 0 Å². The Labute approximate surface area is 161 Å². The number of carbonyl (C=O) groups is 2. The predicted octanol–water partition coefficient (Wildman–Crippen LogP) is 4.16. The minimum Gasteiger partial charge on any atom is -0.458 e. The van der Waals surface area contributed by atoms with Gasteiger partial charge in [0.05, 0.1) is 5.92 Å². The average Bonchev–Trinajstić information content (AvgIpc) is 2.73. The first-order valence-electron chi connectivity index (χ1n) is 9.70. The van der Waals surface area contributed by atoms with Crippen molar-refractivity contribution in [2.24, 2.45) is 5.92 Å². The Hall–Kier alpha value is -2.62. The molecule has 1 saturated heterocycles. The van der Waals surface area contributed by atoms with Crippen LogP contribution in [0.3, 0.4) is 0 Å². The van der Waals surface area contributed by atoms with Crippen molar-refractivity contribution < 1.29 is 14.3 Å². The van der Waals surface area contributed by atoms with Gasteiger partial charge in [-0.05, 0) is 37.3 Å². The summed E-state index contributed by atoms with van der Waals surface area (Å²) in [5.74, 6) is -0.0969. The van der Waals surface area contributed by atoms with Crippen LogP contribution >= 0.6 is 0 Å². The number of aryl methyl sites for hydroxylation is 1. The third kappa shape index (κ3) is 5.43. The van der Waals surface area contributed by atoms with Gasteiger partial charge in [0.2, 0.25) is 5.91 Å². The van der Waals surface area contributed by atoms with Gasteiger partial charge in [-0.2, -0.15) is 0 Å². The monoisotopic (exact) mass is 365 g/mol. The molecule has 2 aromatic carbocycles. The van der Waals surface area contributed by atoms with Crippen molar-refractivity contribution in [2.45, 2.75) is 38.7 Å². The van der Waals surface area contributed by atoms with Crippen LogP contribution in [0.25, 0.3) is 0 Å². The van der Waals surface area contributed by atoms with Crippen molar-refractivity contribution in [2.75, 3.05) is 13.1 Å². The van der Waals surface area contributed by atoms with E-state index in [1.54, 1.807) is 0 Å². The largest absolute Gasteiger partial charge is 0.458 e. The number of hydrogen-bond donors (Lipinski definition) is 0. The van der Waals surface area contributed by atoms with Gasteiger partial charge in [-0.3, -0.25) is 9.59 Å². The van der Waals surface area contributed by atoms with E-state index in [4.69, 9.17) is 4.74 Å². The molecule has 1 aliphatic rings. The summed E-state index contributed by atoms with van der Waals surface area (Å²) in [4.78, 5) is 26.7. The van der Waals surface area contributed by atoms with Crippen molar-refractivity contribution in [1.82, 2.24) is 4.90 Å². The van der Waals surface area contributed by atoms with Crippen LogP contribution in [0.15, 0.2) is 60.7 Å². The maximum Gasteiger partial charge on any atom is 0.309 e. The first kappa shape index (κ1) is 19.2. The summed E-state index contributed by atoms with van der Waals surface area (Å²) in [6.45, 7) is 3.16. The van der Waals surface area contributed by atoms with Crippen molar-refractivity contribution in [3.63, 3.8) is 0 Å². The van der Waals surface area contributed by atoms with Crippen LogP contribution < -0.4 is 0 Å². The highest BCUT2D eigenvalue weighted by atomic mass is 16.5. The van der Waals surface area contributed by atoms with E-state index in [2.05, 4.69) is 0 Å². The van der Waals surface area contributed by atoms with Crippen LogP contribution in [0.5, 0.6) is 0 Å². The second kappa shape index (κ2) is 9.36. The van der Waals surface area contributed by atoms with Crippen LogP contribution in [0.1, 0.15) is 43.4 Å². The van der Waals surface area contributed by atoms with Crippen LogP contribution in [0, 0.1) is 5.92 Å². The molecule has 0 saturated carbocycles. The number of nitrogens with zero attached hydrogens (tertiary/aromatic N) is 1. The van der Waals surface area contributed by atoms with Gasteiger partial charge in [-0.15, -0.1) is 0 Å². The number of amides is 1. The molecule has 1 amide bonds. The van der Waals surface area contributed by atoms with Gasteiger partial charge in [0, 0.05) is 19.5 Å². The van der Waals surface area contributed by atoms with E-state index in [1.165, 1.54) is 5.56 Å². The van der Waals surface area contributed by atoms with Crippen molar-refractivity contribution in [3.05, 3.63) is 71.8 Å². The summed E-state index contributed by atoms with van der Waals surface area (Å²) in [5, 5.41) is 0. The highest BCUT2D eigenvalue weighted by molar-refractivity contribution is 5.77. The number of hydrogen-bond acceptors (Lipinski definition) is 3. The molecule has 0 aliphatic carbocycles. The average molecular weight is 365 g/mol. The highest BCUT2D eigenvalue weighted by Crippen LogP contribution is 2.24. The van der Waals surface area contributed by atoms with E-state index in [0.717, 1.165) is 12.0 Å². The molecule has 1 heterocycles. The molecular formula is C23H27NO3. The Balaban J connectivity index is 1.42. The van der Waals surface area contributed by atoms with Crippen LogP contribution in [-0.2, 0) is 20.7 Å². The first-order chi connectivity index (χ1) is 13.1. The maximum absolute atomic E-state index is 12.4. The Kier molecular flexibility index (Phi) is 6.64. The first-order valence-corrected chi connectivity index (χ1v) is 9.70. The number of rotatable bonds is 6. The molecule has 0 bridgehead atoms. The minimum absolute atomic E-state index is 0.116. The smallest absolute Gasteiger partial charge is 0.309 e. The van der Waals surface area contributed by atoms with Gasteiger partial charge in [0.25, 0.3) is 0 Å². The number of esters is 1. The highest BCUT2D eigenvalue weighted by Gasteiger charge is 2.29. The lowest BCUT2D eigenvalue weighted by molar-refractivity contribution is -0.156. The van der Waals surface area contributed by atoms with E-state index in [0.29, 0.717) is 32.4 Å². The third-order valence-electron chi connectivity index (χ3n) is 5.21. The van der Waals surface area contributed by atoms with Gasteiger partial charge in [0.15, 0.2) is 0 Å². The number of benzene rings is 2. The second-order valence-corrected chi connectivity index (χ2v) is 7.13. The Bertz CT molecular complexity index is 737. The van der Waals surface area contributed by atoms with E-state index < -0.39 is 0 Å². The summed E-state index contributed by atoms with van der Waals surface area (Å²) in [5.41, 5.74) is 2.18. The van der Waals surface area contributed by atoms with E-state index in [1.807, 2.05) is 72.5 Å². The number of likely N-dealkylation sites (tertiary alicyclic amines) is 1.